The molecule has 3 heterocycles. The van der Waals surface area contributed by atoms with Crippen LogP contribution in [-0.4, -0.2) is 24.1 Å². The Morgan fingerprint density at radius 1 is 1.50 bits per heavy atom. The maximum absolute atomic E-state index is 2.44. The van der Waals surface area contributed by atoms with Crippen molar-refractivity contribution in [2.45, 2.75) is 31.8 Å². The SMILES string of the molecule is C[N@@+]12CCC[C@H]1Cc1sccc1C2.[I-]. The molecule has 0 radical (unpaired) electrons. The van der Waals surface area contributed by atoms with Gasteiger partial charge in [0, 0.05) is 29.7 Å². The number of quaternary nitrogens is 1. The normalized spacial score (nSPS) is 34.5. The molecular formula is C11H16INS. The molecule has 0 bridgehead atoms. The second kappa shape index (κ2) is 3.76. The van der Waals surface area contributed by atoms with Crippen molar-refractivity contribution in [3.8, 4) is 0 Å². The molecule has 0 aliphatic carbocycles. The largest absolute Gasteiger partial charge is 1.00 e. The third kappa shape index (κ3) is 1.53. The smallest absolute Gasteiger partial charge is 0.105 e. The molecule has 1 saturated heterocycles. The number of rotatable bonds is 0. The molecule has 1 aromatic heterocycles. The van der Waals surface area contributed by atoms with Crippen LogP contribution in [0.2, 0.25) is 0 Å². The summed E-state index contributed by atoms with van der Waals surface area (Å²) >= 11 is 1.96. The summed E-state index contributed by atoms with van der Waals surface area (Å²) < 4.78 is 1.32. The minimum absolute atomic E-state index is 0. The molecule has 0 aromatic carbocycles. The van der Waals surface area contributed by atoms with Crippen LogP contribution in [0.15, 0.2) is 11.4 Å². The number of hydrogen-bond acceptors (Lipinski definition) is 1. The van der Waals surface area contributed by atoms with E-state index in [1.807, 2.05) is 11.3 Å². The van der Waals surface area contributed by atoms with E-state index in [9.17, 15) is 0 Å². The predicted molar refractivity (Wildman–Crippen MR) is 55.8 cm³/mol. The number of fused-ring (bicyclic) bond motifs is 2. The highest BCUT2D eigenvalue weighted by Gasteiger charge is 2.42. The Hall–Kier alpha value is 0.390. The van der Waals surface area contributed by atoms with E-state index < -0.39 is 0 Å². The molecule has 3 rings (SSSR count). The van der Waals surface area contributed by atoms with Gasteiger partial charge in [-0.25, -0.2) is 0 Å². The van der Waals surface area contributed by atoms with Gasteiger partial charge in [0.25, 0.3) is 0 Å². The molecule has 2 aliphatic heterocycles. The van der Waals surface area contributed by atoms with E-state index in [0.29, 0.717) is 0 Å². The molecule has 1 aromatic rings. The Kier molecular flexibility index (Phi) is 2.92. The van der Waals surface area contributed by atoms with Crippen LogP contribution < -0.4 is 24.0 Å². The van der Waals surface area contributed by atoms with E-state index in [-0.39, 0.29) is 24.0 Å². The Morgan fingerprint density at radius 2 is 2.36 bits per heavy atom. The van der Waals surface area contributed by atoms with Gasteiger partial charge in [-0.1, -0.05) is 0 Å². The lowest BCUT2D eigenvalue weighted by atomic mass is 10.0. The van der Waals surface area contributed by atoms with E-state index in [2.05, 4.69) is 18.5 Å². The van der Waals surface area contributed by atoms with Crippen LogP contribution >= 0.6 is 11.3 Å². The second-order valence-electron chi connectivity index (χ2n) is 4.73. The van der Waals surface area contributed by atoms with Crippen molar-refractivity contribution < 1.29 is 28.5 Å². The van der Waals surface area contributed by atoms with E-state index in [1.54, 1.807) is 10.4 Å². The first-order chi connectivity index (χ1) is 6.28. The topological polar surface area (TPSA) is 0 Å². The lowest BCUT2D eigenvalue weighted by molar-refractivity contribution is -0.935. The molecule has 78 valence electrons. The van der Waals surface area contributed by atoms with Crippen LogP contribution in [-0.2, 0) is 13.0 Å². The lowest BCUT2D eigenvalue weighted by Crippen LogP contribution is -3.00. The van der Waals surface area contributed by atoms with Crippen LogP contribution in [0, 0.1) is 0 Å². The van der Waals surface area contributed by atoms with Crippen molar-refractivity contribution in [2.75, 3.05) is 13.6 Å². The monoisotopic (exact) mass is 321 g/mol. The summed E-state index contributed by atoms with van der Waals surface area (Å²) in [5.41, 5.74) is 1.63. The molecule has 0 unspecified atom stereocenters. The van der Waals surface area contributed by atoms with Crippen molar-refractivity contribution >= 4 is 11.3 Å². The molecular weight excluding hydrogens is 305 g/mol. The average molecular weight is 321 g/mol. The molecule has 0 N–H and O–H groups in total. The van der Waals surface area contributed by atoms with Gasteiger partial charge in [-0.15, -0.1) is 11.3 Å². The van der Waals surface area contributed by atoms with Gasteiger partial charge in [0.15, 0.2) is 0 Å². The quantitative estimate of drug-likeness (QED) is 0.443. The molecule has 1 fully saturated rings. The lowest BCUT2D eigenvalue weighted by Gasteiger charge is -2.39. The first kappa shape index (κ1) is 10.9. The molecule has 14 heavy (non-hydrogen) atoms. The van der Waals surface area contributed by atoms with Gasteiger partial charge in [0.1, 0.15) is 6.54 Å². The average Bonchev–Trinajstić information content (AvgIpc) is 2.63. The van der Waals surface area contributed by atoms with Gasteiger partial charge < -0.3 is 28.5 Å². The van der Waals surface area contributed by atoms with Gasteiger partial charge in [-0.3, -0.25) is 0 Å². The number of halogens is 1. The van der Waals surface area contributed by atoms with Gasteiger partial charge in [-0.2, -0.15) is 0 Å². The van der Waals surface area contributed by atoms with Crippen molar-refractivity contribution in [3.05, 3.63) is 21.9 Å². The van der Waals surface area contributed by atoms with E-state index in [1.165, 1.54) is 36.8 Å². The summed E-state index contributed by atoms with van der Waals surface area (Å²) in [7, 11) is 2.44. The Morgan fingerprint density at radius 3 is 3.21 bits per heavy atom. The first-order valence-corrected chi connectivity index (χ1v) is 6.05. The van der Waals surface area contributed by atoms with Gasteiger partial charge >= 0.3 is 0 Å². The first-order valence-electron chi connectivity index (χ1n) is 5.17. The van der Waals surface area contributed by atoms with Crippen LogP contribution in [0.5, 0.6) is 0 Å². The molecule has 2 atom stereocenters. The summed E-state index contributed by atoms with van der Waals surface area (Å²) in [6, 6.07) is 3.27. The van der Waals surface area contributed by atoms with Gasteiger partial charge in [0.2, 0.25) is 0 Å². The fourth-order valence-electron chi connectivity index (χ4n) is 3.00. The predicted octanol–water partition coefficient (Wildman–Crippen LogP) is -0.583. The molecule has 3 heteroatoms. The van der Waals surface area contributed by atoms with Crippen LogP contribution in [0.4, 0.5) is 0 Å². The van der Waals surface area contributed by atoms with Gasteiger partial charge in [-0.05, 0) is 11.4 Å². The Bertz CT molecular complexity index is 336. The van der Waals surface area contributed by atoms with Crippen LogP contribution in [0.25, 0.3) is 0 Å². The Balaban J connectivity index is 0.000000750. The second-order valence-corrected chi connectivity index (χ2v) is 5.73. The summed E-state index contributed by atoms with van der Waals surface area (Å²) in [6.07, 6.45) is 4.24. The van der Waals surface area contributed by atoms with Crippen LogP contribution in [0.1, 0.15) is 23.3 Å². The number of likely N-dealkylation sites (N-methyl/N-ethyl adjacent to an activating group) is 1. The molecule has 0 saturated carbocycles. The van der Waals surface area contributed by atoms with E-state index >= 15 is 0 Å². The number of nitrogens with zero attached hydrogens (tertiary/aromatic N) is 1. The Labute approximate surface area is 107 Å². The molecule has 1 nitrogen and oxygen atoms in total. The van der Waals surface area contributed by atoms with Crippen LogP contribution in [0.3, 0.4) is 0 Å². The molecule has 0 amide bonds. The summed E-state index contributed by atoms with van der Waals surface area (Å²) in [6.45, 7) is 2.70. The minimum Gasteiger partial charge on any atom is -1.00 e. The molecule has 2 aliphatic rings. The van der Waals surface area contributed by atoms with Crippen molar-refractivity contribution in [3.63, 3.8) is 0 Å². The summed E-state index contributed by atoms with van der Waals surface area (Å²) in [4.78, 5) is 1.67. The highest BCUT2D eigenvalue weighted by molar-refractivity contribution is 7.10. The fourth-order valence-corrected chi connectivity index (χ4v) is 3.97. The zero-order valence-corrected chi connectivity index (χ0v) is 11.5. The van der Waals surface area contributed by atoms with E-state index in [4.69, 9.17) is 0 Å². The highest BCUT2D eigenvalue weighted by atomic mass is 127. The summed E-state index contributed by atoms with van der Waals surface area (Å²) in [5, 5.41) is 2.26. The van der Waals surface area contributed by atoms with Crippen molar-refractivity contribution in [1.82, 2.24) is 0 Å². The molecule has 0 spiro atoms. The third-order valence-electron chi connectivity index (χ3n) is 3.88. The maximum Gasteiger partial charge on any atom is 0.105 e. The highest BCUT2D eigenvalue weighted by Crippen LogP contribution is 2.37. The zero-order valence-electron chi connectivity index (χ0n) is 8.50. The van der Waals surface area contributed by atoms with Crippen molar-refractivity contribution in [1.29, 1.82) is 0 Å². The van der Waals surface area contributed by atoms with Gasteiger partial charge in [0.05, 0.1) is 19.6 Å². The maximum atomic E-state index is 2.44. The zero-order chi connectivity index (χ0) is 8.89. The summed E-state index contributed by atoms with van der Waals surface area (Å²) in [5.74, 6) is 0. The number of thiophene rings is 1. The third-order valence-corrected chi connectivity index (χ3v) is 4.86. The fraction of sp³-hybridized carbons (Fsp3) is 0.636. The number of hydrogen-bond donors (Lipinski definition) is 0. The minimum atomic E-state index is 0. The van der Waals surface area contributed by atoms with Crippen molar-refractivity contribution in [2.24, 2.45) is 0 Å². The van der Waals surface area contributed by atoms with E-state index in [0.717, 1.165) is 6.04 Å². The standard InChI is InChI=1S/C11H16NS.HI/c1-12-5-2-3-10(12)7-11-9(8-12)4-6-13-11;/h4,6,10H,2-3,5,7-8H2,1H3;1H/q+1;/p-1/t10-,12-;/m0./s1.